The van der Waals surface area contributed by atoms with Crippen molar-refractivity contribution in [1.82, 2.24) is 10.0 Å². The quantitative estimate of drug-likeness (QED) is 0.648. The lowest BCUT2D eigenvalue weighted by molar-refractivity contribution is -0.137. The molecule has 2 aromatic carbocycles. The molecule has 0 unspecified atom stereocenters. The fourth-order valence-electron chi connectivity index (χ4n) is 2.14. The smallest absolute Gasteiger partial charge is 0.416 e. The minimum atomic E-state index is -4.67. The fourth-order valence-corrected chi connectivity index (χ4v) is 3.17. The van der Waals surface area contributed by atoms with E-state index in [0.717, 1.165) is 23.8 Å². The van der Waals surface area contributed by atoms with Crippen LogP contribution in [0.25, 0.3) is 0 Å². The summed E-state index contributed by atoms with van der Waals surface area (Å²) < 4.78 is 69.6. The topological polar surface area (TPSA) is 84.5 Å². The van der Waals surface area contributed by atoms with Crippen molar-refractivity contribution in [2.24, 2.45) is 0 Å². The molecule has 2 rings (SSSR count). The van der Waals surface area contributed by atoms with Crippen molar-refractivity contribution >= 4 is 15.9 Å². The van der Waals surface area contributed by atoms with E-state index in [1.807, 2.05) is 23.8 Å². The van der Waals surface area contributed by atoms with Crippen LogP contribution in [0.1, 0.15) is 11.1 Å². The molecule has 0 radical (unpaired) electrons. The van der Waals surface area contributed by atoms with Gasteiger partial charge in [0, 0.05) is 0 Å². The molecule has 10 heteroatoms. The molecule has 1 amide bonds. The number of carbonyl (C=O) groups is 1. The standard InChI is InChI=1S/C18H19F3N2O4S/c1-13-5-7-15(8-6-13)27-10-9-22-17(24)12-23-28(25,26)16-4-2-3-14(11-16)18(19,20)21/h2-8,11,23H,9-10,12H2,1H3,(H,22,24). The van der Waals surface area contributed by atoms with E-state index >= 15 is 0 Å². The molecule has 0 aliphatic rings. The third-order valence-electron chi connectivity index (χ3n) is 3.61. The lowest BCUT2D eigenvalue weighted by atomic mass is 10.2. The Labute approximate surface area is 160 Å². The summed E-state index contributed by atoms with van der Waals surface area (Å²) >= 11 is 0. The summed E-state index contributed by atoms with van der Waals surface area (Å²) in [6, 6.07) is 10.6. The van der Waals surface area contributed by atoms with E-state index in [1.54, 1.807) is 12.1 Å². The number of ether oxygens (including phenoxy) is 1. The van der Waals surface area contributed by atoms with Gasteiger partial charge in [0.05, 0.1) is 23.5 Å². The summed E-state index contributed by atoms with van der Waals surface area (Å²) in [5.41, 5.74) is -0.0122. The molecule has 0 atom stereocenters. The van der Waals surface area contributed by atoms with Crippen molar-refractivity contribution in [3.63, 3.8) is 0 Å². The molecular weight excluding hydrogens is 397 g/mol. The van der Waals surface area contributed by atoms with Crippen molar-refractivity contribution in [3.05, 3.63) is 59.7 Å². The van der Waals surface area contributed by atoms with Gasteiger partial charge in [0.15, 0.2) is 0 Å². The SMILES string of the molecule is Cc1ccc(OCCNC(=O)CNS(=O)(=O)c2cccc(C(F)(F)F)c2)cc1. The molecule has 28 heavy (non-hydrogen) atoms. The van der Waals surface area contributed by atoms with Gasteiger partial charge in [-0.1, -0.05) is 23.8 Å². The number of nitrogens with one attached hydrogen (secondary N) is 2. The number of sulfonamides is 1. The maximum absolute atomic E-state index is 12.7. The van der Waals surface area contributed by atoms with Gasteiger partial charge < -0.3 is 10.1 Å². The molecule has 0 heterocycles. The molecule has 2 aromatic rings. The van der Waals surface area contributed by atoms with Crippen LogP contribution >= 0.6 is 0 Å². The second-order valence-electron chi connectivity index (χ2n) is 5.86. The van der Waals surface area contributed by atoms with Crippen LogP contribution < -0.4 is 14.8 Å². The second kappa shape index (κ2) is 9.07. The largest absolute Gasteiger partial charge is 0.492 e. The van der Waals surface area contributed by atoms with Gasteiger partial charge in [-0.3, -0.25) is 4.79 Å². The first-order valence-electron chi connectivity index (χ1n) is 8.21. The Kier molecular flexibility index (Phi) is 7.03. The number of rotatable bonds is 8. The Hall–Kier alpha value is -2.59. The zero-order valence-electron chi connectivity index (χ0n) is 14.9. The summed E-state index contributed by atoms with van der Waals surface area (Å²) in [6.45, 7) is 1.64. The summed E-state index contributed by atoms with van der Waals surface area (Å²) in [4.78, 5) is 11.2. The van der Waals surface area contributed by atoms with E-state index in [-0.39, 0.29) is 13.2 Å². The highest BCUT2D eigenvalue weighted by Gasteiger charge is 2.31. The highest BCUT2D eigenvalue weighted by Crippen LogP contribution is 2.30. The zero-order valence-corrected chi connectivity index (χ0v) is 15.7. The van der Waals surface area contributed by atoms with Crippen molar-refractivity contribution < 1.29 is 31.1 Å². The number of halogens is 3. The Balaban J connectivity index is 1.80. The van der Waals surface area contributed by atoms with Crippen LogP contribution in [-0.2, 0) is 21.0 Å². The van der Waals surface area contributed by atoms with Crippen LogP contribution in [0.15, 0.2) is 53.4 Å². The van der Waals surface area contributed by atoms with Crippen LogP contribution in [0.4, 0.5) is 13.2 Å². The molecule has 2 N–H and O–H groups in total. The van der Waals surface area contributed by atoms with Gasteiger partial charge in [-0.15, -0.1) is 0 Å². The fraction of sp³-hybridized carbons (Fsp3) is 0.278. The Bertz CT molecular complexity index is 913. The molecule has 0 bridgehead atoms. The monoisotopic (exact) mass is 416 g/mol. The minimum Gasteiger partial charge on any atom is -0.492 e. The lowest BCUT2D eigenvalue weighted by Gasteiger charge is -2.11. The lowest BCUT2D eigenvalue weighted by Crippen LogP contribution is -2.38. The Morgan fingerprint density at radius 3 is 2.43 bits per heavy atom. The van der Waals surface area contributed by atoms with Gasteiger partial charge >= 0.3 is 6.18 Å². The molecule has 0 saturated heterocycles. The van der Waals surface area contributed by atoms with E-state index in [4.69, 9.17) is 4.74 Å². The number of amides is 1. The van der Waals surface area contributed by atoms with Crippen LogP contribution in [-0.4, -0.2) is 34.0 Å². The van der Waals surface area contributed by atoms with Crippen molar-refractivity contribution in [3.8, 4) is 5.75 Å². The van der Waals surface area contributed by atoms with Gasteiger partial charge in [-0.2, -0.15) is 13.2 Å². The molecule has 0 spiro atoms. The van der Waals surface area contributed by atoms with E-state index in [2.05, 4.69) is 5.32 Å². The van der Waals surface area contributed by atoms with Crippen LogP contribution in [0.5, 0.6) is 5.75 Å². The van der Waals surface area contributed by atoms with Gasteiger partial charge in [0.25, 0.3) is 0 Å². The number of aryl methyl sites for hydroxylation is 1. The zero-order chi connectivity index (χ0) is 20.8. The third kappa shape index (κ3) is 6.54. The molecule has 0 saturated carbocycles. The van der Waals surface area contributed by atoms with Crippen molar-refractivity contribution in [2.75, 3.05) is 19.7 Å². The average Bonchev–Trinajstić information content (AvgIpc) is 2.64. The average molecular weight is 416 g/mol. The van der Waals surface area contributed by atoms with E-state index in [0.29, 0.717) is 11.8 Å². The predicted octanol–water partition coefficient (Wildman–Crippen LogP) is 2.49. The normalized spacial score (nSPS) is 11.9. The summed E-state index contributed by atoms with van der Waals surface area (Å²) in [6.07, 6.45) is -4.67. The van der Waals surface area contributed by atoms with Gasteiger partial charge in [0.1, 0.15) is 12.4 Å². The first kappa shape index (κ1) is 21.7. The molecule has 0 aliphatic carbocycles. The van der Waals surface area contributed by atoms with E-state index in [1.165, 1.54) is 0 Å². The second-order valence-corrected chi connectivity index (χ2v) is 7.63. The molecule has 0 fully saturated rings. The third-order valence-corrected chi connectivity index (χ3v) is 5.01. The predicted molar refractivity (Wildman–Crippen MR) is 96.3 cm³/mol. The number of benzene rings is 2. The molecule has 152 valence electrons. The number of carbonyl (C=O) groups excluding carboxylic acids is 1. The Morgan fingerprint density at radius 2 is 1.79 bits per heavy atom. The van der Waals surface area contributed by atoms with Gasteiger partial charge in [0.2, 0.25) is 15.9 Å². The van der Waals surface area contributed by atoms with Crippen LogP contribution in [0.2, 0.25) is 0 Å². The maximum Gasteiger partial charge on any atom is 0.416 e. The molecular formula is C18H19F3N2O4S. The molecule has 0 aromatic heterocycles. The highest BCUT2D eigenvalue weighted by molar-refractivity contribution is 7.89. The summed E-state index contributed by atoms with van der Waals surface area (Å²) in [5, 5.41) is 2.45. The number of alkyl halides is 3. The highest BCUT2D eigenvalue weighted by atomic mass is 32.2. The Morgan fingerprint density at radius 1 is 1.11 bits per heavy atom. The first-order chi connectivity index (χ1) is 13.1. The summed E-state index contributed by atoms with van der Waals surface area (Å²) in [7, 11) is -4.26. The van der Waals surface area contributed by atoms with E-state index < -0.39 is 39.1 Å². The van der Waals surface area contributed by atoms with Crippen LogP contribution in [0.3, 0.4) is 0 Å². The number of hydrogen-bond donors (Lipinski definition) is 2. The minimum absolute atomic E-state index is 0.137. The van der Waals surface area contributed by atoms with E-state index in [9.17, 15) is 26.4 Å². The van der Waals surface area contributed by atoms with Crippen LogP contribution in [0, 0.1) is 6.92 Å². The summed E-state index contributed by atoms with van der Waals surface area (Å²) in [5.74, 6) is -0.00634. The molecule has 0 aliphatic heterocycles. The van der Waals surface area contributed by atoms with Crippen molar-refractivity contribution in [2.45, 2.75) is 18.0 Å². The maximum atomic E-state index is 12.7. The van der Waals surface area contributed by atoms with Crippen molar-refractivity contribution in [1.29, 1.82) is 0 Å². The van der Waals surface area contributed by atoms with Gasteiger partial charge in [-0.25, -0.2) is 13.1 Å². The first-order valence-corrected chi connectivity index (χ1v) is 9.69. The molecule has 6 nitrogen and oxygen atoms in total. The van der Waals surface area contributed by atoms with Gasteiger partial charge in [-0.05, 0) is 37.3 Å². The number of hydrogen-bond acceptors (Lipinski definition) is 4.